The van der Waals surface area contributed by atoms with Gasteiger partial charge in [0.05, 0.1) is 7.11 Å². The molecule has 76 valence electrons. The number of nitrogens with zero attached hydrogens (tertiary/aromatic N) is 1. The SMILES string of the molecule is COC(=O)c1ccncc1[B-](F)(F)F.[K+]. The van der Waals surface area contributed by atoms with E-state index in [4.69, 9.17) is 0 Å². The van der Waals surface area contributed by atoms with E-state index in [1.165, 1.54) is 0 Å². The monoisotopic (exact) mass is 243 g/mol. The van der Waals surface area contributed by atoms with Gasteiger partial charge in [0, 0.05) is 18.0 Å². The van der Waals surface area contributed by atoms with Crippen LogP contribution in [0.15, 0.2) is 18.5 Å². The third-order valence-electron chi connectivity index (χ3n) is 1.61. The fraction of sp³-hybridized carbons (Fsp3) is 0.143. The number of aromatic nitrogens is 1. The average Bonchev–Trinajstić information content (AvgIpc) is 2.15. The van der Waals surface area contributed by atoms with Crippen molar-refractivity contribution < 1.29 is 73.9 Å². The predicted octanol–water partition coefficient (Wildman–Crippen LogP) is -2.07. The summed E-state index contributed by atoms with van der Waals surface area (Å²) in [6, 6.07) is 0.983. The molecule has 0 aliphatic rings. The van der Waals surface area contributed by atoms with Crippen molar-refractivity contribution in [3.8, 4) is 0 Å². The number of rotatable bonds is 2. The Morgan fingerprint density at radius 1 is 1.47 bits per heavy atom. The maximum atomic E-state index is 12.4. The first-order valence-electron chi connectivity index (χ1n) is 3.69. The van der Waals surface area contributed by atoms with Crippen LogP contribution in [-0.2, 0) is 4.74 Å². The van der Waals surface area contributed by atoms with Gasteiger partial charge in [0.25, 0.3) is 0 Å². The number of carbonyl (C=O) groups excluding carboxylic acids is 1. The van der Waals surface area contributed by atoms with Crippen LogP contribution in [0.3, 0.4) is 0 Å². The summed E-state index contributed by atoms with van der Waals surface area (Å²) in [5.74, 6) is -1.01. The third-order valence-corrected chi connectivity index (χ3v) is 1.61. The molecule has 0 amide bonds. The minimum Gasteiger partial charge on any atom is -0.465 e. The van der Waals surface area contributed by atoms with E-state index >= 15 is 0 Å². The van der Waals surface area contributed by atoms with Crippen LogP contribution in [-0.4, -0.2) is 25.0 Å². The van der Waals surface area contributed by atoms with Crippen LogP contribution in [0, 0.1) is 0 Å². The van der Waals surface area contributed by atoms with E-state index in [2.05, 4.69) is 9.72 Å². The molecule has 0 aliphatic carbocycles. The zero-order valence-corrected chi connectivity index (χ0v) is 11.3. The number of pyridine rings is 1. The molecule has 1 aromatic rings. The molecule has 0 aliphatic heterocycles. The second-order valence-corrected chi connectivity index (χ2v) is 2.53. The molecule has 0 atom stereocenters. The normalized spacial score (nSPS) is 10.4. The third kappa shape index (κ3) is 3.88. The fourth-order valence-corrected chi connectivity index (χ4v) is 0.963. The van der Waals surface area contributed by atoms with E-state index in [1.807, 2.05) is 0 Å². The number of methoxy groups -OCH3 is 1. The van der Waals surface area contributed by atoms with Crippen molar-refractivity contribution in [1.29, 1.82) is 0 Å². The second-order valence-electron chi connectivity index (χ2n) is 2.53. The number of hydrogen-bond donors (Lipinski definition) is 0. The molecule has 3 nitrogen and oxygen atoms in total. The number of halogens is 3. The van der Waals surface area contributed by atoms with Gasteiger partial charge in [-0.2, -0.15) is 0 Å². The van der Waals surface area contributed by atoms with Crippen molar-refractivity contribution in [1.82, 2.24) is 4.98 Å². The Hall–Kier alpha value is 0.111. The number of esters is 1. The number of carbonyl (C=O) groups is 1. The van der Waals surface area contributed by atoms with Crippen LogP contribution < -0.4 is 56.8 Å². The Labute approximate surface area is 127 Å². The Kier molecular flexibility index (Phi) is 6.04. The number of ether oxygens (including phenoxy) is 1. The minimum atomic E-state index is -5.24. The molecule has 15 heavy (non-hydrogen) atoms. The van der Waals surface area contributed by atoms with Gasteiger partial charge in [-0.15, -0.1) is 0 Å². The molecule has 0 unspecified atom stereocenters. The van der Waals surface area contributed by atoms with E-state index in [0.29, 0.717) is 6.20 Å². The van der Waals surface area contributed by atoms with Gasteiger partial charge < -0.3 is 17.7 Å². The molecule has 0 fully saturated rings. The molecule has 0 aromatic carbocycles. The van der Waals surface area contributed by atoms with Crippen LogP contribution >= 0.6 is 0 Å². The van der Waals surface area contributed by atoms with Gasteiger partial charge in [0.15, 0.2) is 0 Å². The van der Waals surface area contributed by atoms with Crippen LogP contribution in [0.4, 0.5) is 12.9 Å². The Morgan fingerprint density at radius 3 is 2.53 bits per heavy atom. The summed E-state index contributed by atoms with van der Waals surface area (Å²) in [6.07, 6.45) is 1.73. The molecule has 0 bridgehead atoms. The molecule has 8 heteroatoms. The maximum absolute atomic E-state index is 12.4. The summed E-state index contributed by atoms with van der Waals surface area (Å²) in [6.45, 7) is -5.24. The van der Waals surface area contributed by atoms with Gasteiger partial charge in [-0.1, -0.05) is 5.46 Å². The van der Waals surface area contributed by atoms with Crippen molar-refractivity contribution in [2.24, 2.45) is 0 Å². The van der Waals surface area contributed by atoms with Gasteiger partial charge in [-0.25, -0.2) is 4.79 Å². The molecule has 1 heterocycles. The maximum Gasteiger partial charge on any atom is 1.00 e. The molecule has 0 saturated heterocycles. The fourth-order valence-electron chi connectivity index (χ4n) is 0.963. The quantitative estimate of drug-likeness (QED) is 0.442. The summed E-state index contributed by atoms with van der Waals surface area (Å²) in [4.78, 5) is 14.3. The van der Waals surface area contributed by atoms with Gasteiger partial charge in [0.1, 0.15) is 0 Å². The van der Waals surface area contributed by atoms with E-state index in [-0.39, 0.29) is 51.4 Å². The minimum absolute atomic E-state index is 0. The smallest absolute Gasteiger partial charge is 0.465 e. The van der Waals surface area contributed by atoms with E-state index in [0.717, 1.165) is 19.4 Å². The van der Waals surface area contributed by atoms with Crippen LogP contribution in [0.5, 0.6) is 0 Å². The van der Waals surface area contributed by atoms with Crippen LogP contribution in [0.25, 0.3) is 0 Å². The van der Waals surface area contributed by atoms with Gasteiger partial charge in [-0.05, 0) is 6.07 Å². The standard InChI is InChI=1S/C7H6BF3NO2.K/c1-14-7(13)5-2-3-12-4-6(5)8(9,10)11;/h2-4H,1H3;/q-1;+1. The molecule has 0 radical (unpaired) electrons. The van der Waals surface area contributed by atoms with Crippen molar-refractivity contribution in [3.05, 3.63) is 24.0 Å². The summed E-state index contributed by atoms with van der Waals surface area (Å²) in [5, 5.41) is 0. The van der Waals surface area contributed by atoms with Crippen molar-refractivity contribution in [3.63, 3.8) is 0 Å². The van der Waals surface area contributed by atoms with E-state index in [9.17, 15) is 17.7 Å². The molecule has 0 spiro atoms. The molecular weight excluding hydrogens is 237 g/mol. The van der Waals surface area contributed by atoms with E-state index in [1.54, 1.807) is 0 Å². The van der Waals surface area contributed by atoms with Gasteiger partial charge >= 0.3 is 64.3 Å². The van der Waals surface area contributed by atoms with Crippen molar-refractivity contribution in [2.75, 3.05) is 7.11 Å². The average molecular weight is 243 g/mol. The zero-order valence-electron chi connectivity index (χ0n) is 8.21. The largest absolute Gasteiger partial charge is 1.00 e. The molecule has 0 N–H and O–H groups in total. The Bertz CT molecular complexity index is 358. The first kappa shape index (κ1) is 15.1. The van der Waals surface area contributed by atoms with Crippen molar-refractivity contribution >= 4 is 18.4 Å². The van der Waals surface area contributed by atoms with Crippen molar-refractivity contribution in [2.45, 2.75) is 0 Å². The van der Waals surface area contributed by atoms with E-state index < -0.39 is 24.0 Å². The summed E-state index contributed by atoms with van der Waals surface area (Å²) in [5.41, 5.74) is -1.53. The predicted molar refractivity (Wildman–Crippen MR) is 44.3 cm³/mol. The summed E-state index contributed by atoms with van der Waals surface area (Å²) < 4.78 is 41.3. The first-order chi connectivity index (χ1) is 6.46. The molecule has 0 saturated carbocycles. The summed E-state index contributed by atoms with van der Waals surface area (Å²) >= 11 is 0. The second kappa shape index (κ2) is 6.00. The van der Waals surface area contributed by atoms with Crippen LogP contribution in [0.2, 0.25) is 0 Å². The summed E-state index contributed by atoms with van der Waals surface area (Å²) in [7, 11) is 1.02. The topological polar surface area (TPSA) is 39.2 Å². The molecular formula is C7H6BF3KNO2. The zero-order chi connectivity index (χ0) is 10.8. The molecule has 1 aromatic heterocycles. The Morgan fingerprint density at radius 2 is 2.07 bits per heavy atom. The van der Waals surface area contributed by atoms with Gasteiger partial charge in [0.2, 0.25) is 0 Å². The number of hydrogen-bond acceptors (Lipinski definition) is 3. The van der Waals surface area contributed by atoms with Gasteiger partial charge in [-0.3, -0.25) is 4.98 Å². The van der Waals surface area contributed by atoms with Crippen LogP contribution in [0.1, 0.15) is 10.4 Å². The molecule has 1 rings (SSSR count). The Balaban J connectivity index is 0.00000196. The first-order valence-corrected chi connectivity index (χ1v) is 3.69.